The average Bonchev–Trinajstić information content (AvgIpc) is 2.18. The highest BCUT2D eigenvalue weighted by atomic mass is 79.9. The zero-order valence-electron chi connectivity index (χ0n) is 8.06. The first kappa shape index (κ1) is 12.2. The van der Waals surface area contributed by atoms with Crippen LogP contribution in [0.2, 0.25) is 0 Å². The van der Waals surface area contributed by atoms with Gasteiger partial charge in [0.15, 0.2) is 0 Å². The number of hydrogen-bond donors (Lipinski definition) is 2. The molecule has 0 saturated heterocycles. The molecule has 86 valence electrons. The highest BCUT2D eigenvalue weighted by Gasteiger charge is 2.18. The van der Waals surface area contributed by atoms with Crippen LogP contribution in [0, 0.1) is 10.1 Å². The molecule has 0 heterocycles. The van der Waals surface area contributed by atoms with Crippen LogP contribution in [-0.4, -0.2) is 23.2 Å². The van der Waals surface area contributed by atoms with E-state index < -0.39 is 11.0 Å². The molecule has 0 bridgehead atoms. The van der Waals surface area contributed by atoms with Gasteiger partial charge in [-0.25, -0.2) is 4.79 Å². The highest BCUT2D eigenvalue weighted by molar-refractivity contribution is 9.10. The molecule has 0 aliphatic carbocycles. The number of rotatable bonds is 3. The number of amides is 1. The number of nitrogens with one attached hydrogen (secondary N) is 1. The molecule has 0 atom stereocenters. The van der Waals surface area contributed by atoms with Crippen LogP contribution in [-0.2, 0) is 0 Å². The van der Waals surface area contributed by atoms with Crippen LogP contribution in [0.4, 0.5) is 16.2 Å². The largest absolute Gasteiger partial charge is 0.495 e. The van der Waals surface area contributed by atoms with Gasteiger partial charge in [-0.3, -0.25) is 15.4 Å². The maximum absolute atomic E-state index is 10.6. The van der Waals surface area contributed by atoms with Gasteiger partial charge in [0.2, 0.25) is 0 Å². The molecular weight excluding hydrogens is 284 g/mol. The number of nitro benzene ring substituents is 1. The van der Waals surface area contributed by atoms with Crippen LogP contribution in [0.5, 0.6) is 5.75 Å². The fourth-order valence-corrected chi connectivity index (χ4v) is 1.53. The highest BCUT2D eigenvalue weighted by Crippen LogP contribution is 2.35. The van der Waals surface area contributed by atoms with Crippen molar-refractivity contribution < 1.29 is 19.6 Å². The lowest BCUT2D eigenvalue weighted by atomic mass is 10.2. The lowest BCUT2D eigenvalue weighted by Gasteiger charge is -2.08. The maximum Gasteiger partial charge on any atom is 0.409 e. The molecule has 0 spiro atoms. The number of methoxy groups -OCH3 is 1. The zero-order valence-corrected chi connectivity index (χ0v) is 9.65. The molecule has 0 aliphatic heterocycles. The minimum atomic E-state index is -1.32. The van der Waals surface area contributed by atoms with Gasteiger partial charge in [0.05, 0.1) is 22.2 Å². The third-order valence-corrected chi connectivity index (χ3v) is 2.34. The molecule has 0 fully saturated rings. The van der Waals surface area contributed by atoms with Crippen molar-refractivity contribution >= 4 is 33.4 Å². The van der Waals surface area contributed by atoms with Crippen LogP contribution in [0.15, 0.2) is 16.6 Å². The Morgan fingerprint density at radius 3 is 2.69 bits per heavy atom. The molecule has 1 aromatic carbocycles. The van der Waals surface area contributed by atoms with E-state index in [1.165, 1.54) is 13.2 Å². The predicted octanol–water partition coefficient (Wildman–Crippen LogP) is 2.46. The second-order valence-electron chi connectivity index (χ2n) is 2.69. The summed E-state index contributed by atoms with van der Waals surface area (Å²) in [6.45, 7) is 0. The Kier molecular flexibility index (Phi) is 3.67. The van der Waals surface area contributed by atoms with Crippen LogP contribution in [0.3, 0.4) is 0 Å². The third kappa shape index (κ3) is 2.60. The molecular formula is C8H7BrN2O5. The van der Waals surface area contributed by atoms with Gasteiger partial charge in [0.1, 0.15) is 5.75 Å². The van der Waals surface area contributed by atoms with Gasteiger partial charge in [-0.1, -0.05) is 0 Å². The first-order valence-corrected chi connectivity index (χ1v) is 4.77. The second kappa shape index (κ2) is 4.79. The normalized spacial score (nSPS) is 9.62. The smallest absolute Gasteiger partial charge is 0.409 e. The minimum absolute atomic E-state index is 0.0184. The standard InChI is InChI=1S/C8H7BrN2O5/c1-16-7-2-4(9)6(11(14)15)3-5(7)10-8(12)13/h2-3,10H,1H3,(H,12,13). The fraction of sp³-hybridized carbons (Fsp3) is 0.125. The van der Waals surface area contributed by atoms with E-state index >= 15 is 0 Å². The van der Waals surface area contributed by atoms with Crippen LogP contribution in [0.25, 0.3) is 0 Å². The Bertz CT molecular complexity index is 448. The van der Waals surface area contributed by atoms with Gasteiger partial charge in [0.25, 0.3) is 5.69 Å². The second-order valence-corrected chi connectivity index (χ2v) is 3.55. The van der Waals surface area contributed by atoms with Crippen molar-refractivity contribution in [2.45, 2.75) is 0 Å². The molecule has 1 amide bonds. The van der Waals surface area contributed by atoms with Gasteiger partial charge < -0.3 is 9.84 Å². The quantitative estimate of drug-likeness (QED) is 0.658. The number of hydrogen-bond acceptors (Lipinski definition) is 4. The van der Waals surface area contributed by atoms with Crippen molar-refractivity contribution in [1.29, 1.82) is 0 Å². The van der Waals surface area contributed by atoms with E-state index in [0.29, 0.717) is 0 Å². The van der Waals surface area contributed by atoms with Crippen molar-refractivity contribution in [3.8, 4) is 5.75 Å². The number of ether oxygens (including phenoxy) is 1. The van der Waals surface area contributed by atoms with Gasteiger partial charge in [-0.15, -0.1) is 0 Å². The minimum Gasteiger partial charge on any atom is -0.495 e. The average molecular weight is 291 g/mol. The van der Waals surface area contributed by atoms with E-state index in [-0.39, 0.29) is 21.6 Å². The SMILES string of the molecule is COc1cc(Br)c([N+](=O)[O-])cc1NC(=O)O. The van der Waals surface area contributed by atoms with Gasteiger partial charge >= 0.3 is 6.09 Å². The molecule has 1 rings (SSSR count). The van der Waals surface area contributed by atoms with E-state index in [9.17, 15) is 14.9 Å². The number of halogens is 1. The Hall–Kier alpha value is -1.83. The summed E-state index contributed by atoms with van der Waals surface area (Å²) in [7, 11) is 1.33. The summed E-state index contributed by atoms with van der Waals surface area (Å²) < 4.78 is 5.10. The molecule has 7 nitrogen and oxygen atoms in total. The molecule has 0 aromatic heterocycles. The van der Waals surface area contributed by atoms with Gasteiger partial charge in [-0.05, 0) is 15.9 Å². The van der Waals surface area contributed by atoms with Crippen molar-refractivity contribution in [3.05, 3.63) is 26.7 Å². The number of nitrogens with zero attached hydrogens (tertiary/aromatic N) is 1. The number of anilines is 1. The van der Waals surface area contributed by atoms with E-state index in [1.807, 2.05) is 5.32 Å². The van der Waals surface area contributed by atoms with Crippen LogP contribution < -0.4 is 10.1 Å². The molecule has 0 saturated carbocycles. The van der Waals surface area contributed by atoms with E-state index in [2.05, 4.69) is 15.9 Å². The maximum atomic E-state index is 10.6. The summed E-state index contributed by atoms with van der Waals surface area (Å²) in [6, 6.07) is 2.40. The number of benzene rings is 1. The Morgan fingerprint density at radius 2 is 2.25 bits per heavy atom. The Morgan fingerprint density at radius 1 is 1.62 bits per heavy atom. The van der Waals surface area contributed by atoms with E-state index in [1.54, 1.807) is 0 Å². The van der Waals surface area contributed by atoms with Crippen molar-refractivity contribution in [1.82, 2.24) is 0 Å². The topological polar surface area (TPSA) is 102 Å². The first-order chi connectivity index (χ1) is 7.45. The molecule has 0 radical (unpaired) electrons. The predicted molar refractivity (Wildman–Crippen MR) is 59.0 cm³/mol. The molecule has 0 aliphatic rings. The Balaban J connectivity index is 3.28. The summed E-state index contributed by atoms with van der Waals surface area (Å²) >= 11 is 2.99. The van der Waals surface area contributed by atoms with Crippen LogP contribution >= 0.6 is 15.9 Å². The van der Waals surface area contributed by atoms with Crippen molar-refractivity contribution in [2.75, 3.05) is 12.4 Å². The molecule has 8 heteroatoms. The zero-order chi connectivity index (χ0) is 12.3. The summed E-state index contributed by atoms with van der Waals surface area (Å²) in [5.41, 5.74) is -0.227. The summed E-state index contributed by atoms with van der Waals surface area (Å²) in [5, 5.41) is 21.2. The summed E-state index contributed by atoms with van der Waals surface area (Å²) in [4.78, 5) is 20.4. The van der Waals surface area contributed by atoms with E-state index in [4.69, 9.17) is 9.84 Å². The summed E-state index contributed by atoms with van der Waals surface area (Å²) in [6.07, 6.45) is -1.32. The van der Waals surface area contributed by atoms with Crippen molar-refractivity contribution in [2.24, 2.45) is 0 Å². The van der Waals surface area contributed by atoms with Crippen molar-refractivity contribution in [3.63, 3.8) is 0 Å². The molecule has 16 heavy (non-hydrogen) atoms. The lowest BCUT2D eigenvalue weighted by Crippen LogP contribution is -2.09. The van der Waals surface area contributed by atoms with Gasteiger partial charge in [-0.2, -0.15) is 0 Å². The molecule has 1 aromatic rings. The lowest BCUT2D eigenvalue weighted by molar-refractivity contribution is -0.385. The number of nitro groups is 1. The fourth-order valence-electron chi connectivity index (χ4n) is 1.07. The Labute approximate surface area is 98.3 Å². The van der Waals surface area contributed by atoms with Crippen LogP contribution in [0.1, 0.15) is 0 Å². The third-order valence-electron chi connectivity index (χ3n) is 1.71. The number of carbonyl (C=O) groups is 1. The monoisotopic (exact) mass is 290 g/mol. The number of carboxylic acid groups (broad SMARTS) is 1. The van der Waals surface area contributed by atoms with Gasteiger partial charge in [0, 0.05) is 12.1 Å². The summed E-state index contributed by atoms with van der Waals surface area (Å²) in [5.74, 6) is 0.194. The van der Waals surface area contributed by atoms with E-state index in [0.717, 1.165) is 6.07 Å². The first-order valence-electron chi connectivity index (χ1n) is 3.97. The molecule has 0 unspecified atom stereocenters. The molecule has 2 N–H and O–H groups in total.